The lowest BCUT2D eigenvalue weighted by molar-refractivity contribution is 0.556. The molecule has 114 valence electrons. The number of imidazole rings is 1. The number of rotatable bonds is 4. The summed E-state index contributed by atoms with van der Waals surface area (Å²) in [5, 5.41) is 0.912. The van der Waals surface area contributed by atoms with Crippen molar-refractivity contribution in [1.82, 2.24) is 14.5 Å². The number of thioether (sulfide) groups is 1. The molecule has 0 bridgehead atoms. The minimum atomic E-state index is 0.641. The van der Waals surface area contributed by atoms with E-state index in [1.165, 1.54) is 0 Å². The number of nitrogens with zero attached hydrogens (tertiary/aromatic N) is 3. The number of aromatic nitrogens is 3. The van der Waals surface area contributed by atoms with Crippen LogP contribution in [0, 0.1) is 0 Å². The lowest BCUT2D eigenvalue weighted by Gasteiger charge is -2.06. The molecule has 0 aliphatic rings. The van der Waals surface area contributed by atoms with Crippen LogP contribution in [0.4, 0.5) is 0 Å². The van der Waals surface area contributed by atoms with Crippen LogP contribution in [0.5, 0.6) is 0 Å². The molecule has 4 nitrogen and oxygen atoms in total. The average molecular weight is 386 g/mol. The molecule has 0 spiro atoms. The molecule has 0 aliphatic carbocycles. The summed E-state index contributed by atoms with van der Waals surface area (Å²) in [4.78, 5) is 8.92. The molecule has 0 radical (unpaired) electrons. The van der Waals surface area contributed by atoms with Gasteiger partial charge in [-0.05, 0) is 36.4 Å². The molecule has 0 unspecified atom stereocenters. The largest absolute Gasteiger partial charge is 0.440 e. The quantitative estimate of drug-likeness (QED) is 0.460. The summed E-state index contributed by atoms with van der Waals surface area (Å²) >= 11 is 5.06. The number of para-hydroxylation sites is 2. The third kappa shape index (κ3) is 3.04. The third-order valence-corrected chi connectivity index (χ3v) is 4.85. The summed E-state index contributed by atoms with van der Waals surface area (Å²) in [6.45, 7) is 0. The van der Waals surface area contributed by atoms with Gasteiger partial charge >= 0.3 is 0 Å². The zero-order valence-electron chi connectivity index (χ0n) is 12.0. The SMILES string of the molecule is Brc1ccc(-n2ccnc2SCc2nc3ccccc3o2)cc1. The molecule has 6 heteroatoms. The van der Waals surface area contributed by atoms with Gasteiger partial charge in [-0.3, -0.25) is 4.57 Å². The van der Waals surface area contributed by atoms with Gasteiger partial charge in [0.15, 0.2) is 10.7 Å². The van der Waals surface area contributed by atoms with E-state index in [4.69, 9.17) is 4.42 Å². The Morgan fingerprint density at radius 3 is 2.74 bits per heavy atom. The Morgan fingerprint density at radius 2 is 1.91 bits per heavy atom. The van der Waals surface area contributed by atoms with Crippen LogP contribution < -0.4 is 0 Å². The van der Waals surface area contributed by atoms with Crippen LogP contribution in [0.15, 0.2) is 75.0 Å². The van der Waals surface area contributed by atoms with Gasteiger partial charge in [0.25, 0.3) is 0 Å². The lowest BCUT2D eigenvalue weighted by Crippen LogP contribution is -1.95. The Morgan fingerprint density at radius 1 is 1.09 bits per heavy atom. The van der Waals surface area contributed by atoms with E-state index in [9.17, 15) is 0 Å². The minimum absolute atomic E-state index is 0.641. The molecule has 0 N–H and O–H groups in total. The molecule has 0 fully saturated rings. The maximum absolute atomic E-state index is 5.75. The van der Waals surface area contributed by atoms with Crippen LogP contribution in [0.3, 0.4) is 0 Å². The summed E-state index contributed by atoms with van der Waals surface area (Å²) in [5.74, 6) is 1.35. The maximum atomic E-state index is 5.75. The number of halogens is 1. The van der Waals surface area contributed by atoms with Gasteiger partial charge in [-0.25, -0.2) is 9.97 Å². The van der Waals surface area contributed by atoms with Crippen molar-refractivity contribution in [3.8, 4) is 5.69 Å². The summed E-state index contributed by atoms with van der Waals surface area (Å²) in [5.41, 5.74) is 2.78. The van der Waals surface area contributed by atoms with Gasteiger partial charge in [-0.1, -0.05) is 39.8 Å². The zero-order chi connectivity index (χ0) is 15.6. The van der Waals surface area contributed by atoms with Crippen molar-refractivity contribution < 1.29 is 4.42 Å². The third-order valence-electron chi connectivity index (χ3n) is 3.37. The van der Waals surface area contributed by atoms with Crippen molar-refractivity contribution >= 4 is 38.8 Å². The van der Waals surface area contributed by atoms with E-state index in [0.717, 1.165) is 26.4 Å². The fraction of sp³-hybridized carbons (Fsp3) is 0.0588. The second-order valence-electron chi connectivity index (χ2n) is 4.92. The summed E-state index contributed by atoms with van der Waals surface area (Å²) in [6, 6.07) is 15.9. The fourth-order valence-corrected chi connectivity index (χ4v) is 3.38. The molecular formula is C17H12BrN3OS. The average Bonchev–Trinajstić information content (AvgIpc) is 3.19. The first-order valence-electron chi connectivity index (χ1n) is 7.06. The van der Waals surface area contributed by atoms with E-state index in [2.05, 4.69) is 42.6 Å². The number of hydrogen-bond donors (Lipinski definition) is 0. The molecule has 0 aliphatic heterocycles. The Bertz CT molecular complexity index is 913. The molecule has 0 atom stereocenters. The highest BCUT2D eigenvalue weighted by molar-refractivity contribution is 9.10. The molecule has 4 rings (SSSR count). The van der Waals surface area contributed by atoms with Crippen LogP contribution in [0.1, 0.15) is 5.89 Å². The van der Waals surface area contributed by atoms with Crippen molar-refractivity contribution in [1.29, 1.82) is 0 Å². The molecule has 4 aromatic rings. The van der Waals surface area contributed by atoms with E-state index in [1.807, 2.05) is 42.6 Å². The molecule has 23 heavy (non-hydrogen) atoms. The van der Waals surface area contributed by atoms with E-state index >= 15 is 0 Å². The highest BCUT2D eigenvalue weighted by atomic mass is 79.9. The Kier molecular flexibility index (Phi) is 3.93. The van der Waals surface area contributed by atoms with Crippen LogP contribution in [-0.2, 0) is 5.75 Å². The van der Waals surface area contributed by atoms with Crippen molar-refractivity contribution in [2.45, 2.75) is 10.9 Å². The molecule has 2 aromatic carbocycles. The minimum Gasteiger partial charge on any atom is -0.440 e. The monoisotopic (exact) mass is 385 g/mol. The first kappa shape index (κ1) is 14.5. The maximum Gasteiger partial charge on any atom is 0.205 e. The lowest BCUT2D eigenvalue weighted by atomic mass is 10.3. The van der Waals surface area contributed by atoms with Gasteiger partial charge in [0.2, 0.25) is 5.89 Å². The van der Waals surface area contributed by atoms with Crippen molar-refractivity contribution in [3.05, 3.63) is 71.3 Å². The number of benzene rings is 2. The van der Waals surface area contributed by atoms with Crippen molar-refractivity contribution in [2.75, 3.05) is 0 Å². The first-order valence-corrected chi connectivity index (χ1v) is 8.84. The van der Waals surface area contributed by atoms with Crippen molar-refractivity contribution in [3.63, 3.8) is 0 Å². The van der Waals surface area contributed by atoms with Crippen LogP contribution in [0.2, 0.25) is 0 Å². The van der Waals surface area contributed by atoms with Gasteiger partial charge in [-0.2, -0.15) is 0 Å². The van der Waals surface area contributed by atoms with Crippen molar-refractivity contribution in [2.24, 2.45) is 0 Å². The molecule has 0 saturated heterocycles. The summed E-state index contributed by atoms with van der Waals surface area (Å²) < 4.78 is 8.87. The Labute approximate surface area is 145 Å². The molecule has 2 heterocycles. The van der Waals surface area contributed by atoms with Gasteiger partial charge < -0.3 is 4.42 Å². The first-order chi connectivity index (χ1) is 11.3. The molecule has 0 saturated carbocycles. The summed E-state index contributed by atoms with van der Waals surface area (Å²) in [6.07, 6.45) is 3.76. The predicted octanol–water partition coefficient (Wildman–Crippen LogP) is 5.07. The number of oxazole rings is 1. The van der Waals surface area contributed by atoms with E-state index in [0.29, 0.717) is 11.6 Å². The van der Waals surface area contributed by atoms with Gasteiger partial charge in [0.05, 0.1) is 5.75 Å². The molecular weight excluding hydrogens is 374 g/mol. The normalized spacial score (nSPS) is 11.2. The topological polar surface area (TPSA) is 43.9 Å². The number of fused-ring (bicyclic) bond motifs is 1. The van der Waals surface area contributed by atoms with Gasteiger partial charge in [0, 0.05) is 22.6 Å². The fourth-order valence-electron chi connectivity index (χ4n) is 2.30. The van der Waals surface area contributed by atoms with E-state index < -0.39 is 0 Å². The van der Waals surface area contributed by atoms with Crippen LogP contribution in [-0.4, -0.2) is 14.5 Å². The van der Waals surface area contributed by atoms with E-state index in [-0.39, 0.29) is 0 Å². The second kappa shape index (κ2) is 6.22. The summed E-state index contributed by atoms with van der Waals surface area (Å²) in [7, 11) is 0. The number of hydrogen-bond acceptors (Lipinski definition) is 4. The molecule has 0 amide bonds. The van der Waals surface area contributed by atoms with Gasteiger partial charge in [-0.15, -0.1) is 0 Å². The Hall–Kier alpha value is -2.05. The second-order valence-corrected chi connectivity index (χ2v) is 6.78. The van der Waals surface area contributed by atoms with Crippen LogP contribution in [0.25, 0.3) is 16.8 Å². The highest BCUT2D eigenvalue weighted by Crippen LogP contribution is 2.26. The zero-order valence-corrected chi connectivity index (χ0v) is 14.4. The predicted molar refractivity (Wildman–Crippen MR) is 94.8 cm³/mol. The Balaban J connectivity index is 1.55. The van der Waals surface area contributed by atoms with Crippen LogP contribution >= 0.6 is 27.7 Å². The van der Waals surface area contributed by atoms with E-state index in [1.54, 1.807) is 18.0 Å². The van der Waals surface area contributed by atoms with Gasteiger partial charge in [0.1, 0.15) is 5.52 Å². The smallest absolute Gasteiger partial charge is 0.205 e. The standard InChI is InChI=1S/C17H12BrN3OS/c18-12-5-7-13(8-6-12)21-10-9-19-17(21)23-11-16-20-14-3-1-2-4-15(14)22-16/h1-10H,11H2. The molecule has 2 aromatic heterocycles. The highest BCUT2D eigenvalue weighted by Gasteiger charge is 2.10.